The molecule has 0 heterocycles. The molecule has 0 aromatic carbocycles. The Morgan fingerprint density at radius 2 is 1.92 bits per heavy atom. The van der Waals surface area contributed by atoms with Gasteiger partial charge in [0.25, 0.3) is 0 Å². The van der Waals surface area contributed by atoms with Crippen molar-refractivity contribution < 1.29 is 0 Å². The first-order valence-corrected chi connectivity index (χ1v) is 5.17. The van der Waals surface area contributed by atoms with Gasteiger partial charge in [-0.1, -0.05) is 42.5 Å². The summed E-state index contributed by atoms with van der Waals surface area (Å²) in [5.41, 5.74) is 1.41. The molecule has 13 heavy (non-hydrogen) atoms. The van der Waals surface area contributed by atoms with E-state index in [0.717, 1.165) is 17.8 Å². The van der Waals surface area contributed by atoms with Crippen LogP contribution in [0.3, 0.4) is 0 Å². The minimum Gasteiger partial charge on any atom is -0.0851 e. The van der Waals surface area contributed by atoms with Crippen LogP contribution in [0.5, 0.6) is 0 Å². The van der Waals surface area contributed by atoms with Gasteiger partial charge in [-0.3, -0.25) is 0 Å². The van der Waals surface area contributed by atoms with Gasteiger partial charge in [0.1, 0.15) is 0 Å². The fourth-order valence-corrected chi connectivity index (χ4v) is 2.76. The fraction of sp³-hybridized carbons (Fsp3) is 0.385. The molecule has 1 saturated carbocycles. The van der Waals surface area contributed by atoms with Crippen LogP contribution in [0.2, 0.25) is 0 Å². The summed E-state index contributed by atoms with van der Waals surface area (Å²) in [5.74, 6) is 2.55. The Kier molecular flexibility index (Phi) is 1.55. The summed E-state index contributed by atoms with van der Waals surface area (Å²) in [7, 11) is 0. The Labute approximate surface area is 79.3 Å². The van der Waals surface area contributed by atoms with Crippen LogP contribution in [0.1, 0.15) is 12.8 Å². The van der Waals surface area contributed by atoms with Gasteiger partial charge in [0.15, 0.2) is 0 Å². The predicted molar refractivity (Wildman–Crippen MR) is 55.2 cm³/mol. The molecule has 0 N–H and O–H groups in total. The smallest absolute Gasteiger partial charge is 0.0156 e. The highest BCUT2D eigenvalue weighted by molar-refractivity contribution is 5.40. The average molecular weight is 170 g/mol. The van der Waals surface area contributed by atoms with Crippen molar-refractivity contribution in [1.82, 2.24) is 0 Å². The molecule has 66 valence electrons. The molecule has 0 spiro atoms. The van der Waals surface area contributed by atoms with Crippen molar-refractivity contribution in [2.24, 2.45) is 17.8 Å². The maximum Gasteiger partial charge on any atom is -0.0156 e. The third-order valence-electron chi connectivity index (χ3n) is 3.43. The quantitative estimate of drug-likeness (QED) is 0.530. The molecule has 1 fully saturated rings. The second kappa shape index (κ2) is 2.73. The van der Waals surface area contributed by atoms with Crippen molar-refractivity contribution in [2.75, 3.05) is 0 Å². The Bertz CT molecular complexity index is 314. The zero-order valence-electron chi connectivity index (χ0n) is 7.69. The highest BCUT2D eigenvalue weighted by Crippen LogP contribution is 2.44. The summed E-state index contributed by atoms with van der Waals surface area (Å²) in [6.07, 6.45) is 18.7. The first-order chi connectivity index (χ1) is 6.42. The second-order valence-electron chi connectivity index (χ2n) is 4.33. The van der Waals surface area contributed by atoms with Crippen molar-refractivity contribution in [3.63, 3.8) is 0 Å². The Hall–Kier alpha value is -1.04. The minimum atomic E-state index is 0.817. The maximum atomic E-state index is 2.45. The van der Waals surface area contributed by atoms with Crippen molar-refractivity contribution in [1.29, 1.82) is 0 Å². The highest BCUT2D eigenvalue weighted by atomic mass is 14.4. The van der Waals surface area contributed by atoms with E-state index in [9.17, 15) is 0 Å². The average Bonchev–Trinajstić information content (AvgIpc) is 2.77. The van der Waals surface area contributed by atoms with Crippen LogP contribution in [0.15, 0.2) is 48.1 Å². The molecular weight excluding hydrogens is 156 g/mol. The number of hydrogen-bond acceptors (Lipinski definition) is 0. The number of allylic oxidation sites excluding steroid dienone is 8. The Morgan fingerprint density at radius 3 is 2.54 bits per heavy atom. The molecule has 0 aliphatic heterocycles. The summed E-state index contributed by atoms with van der Waals surface area (Å²) in [5, 5.41) is 0. The topological polar surface area (TPSA) is 0 Å². The van der Waals surface area contributed by atoms with Crippen LogP contribution in [0, 0.1) is 17.8 Å². The van der Waals surface area contributed by atoms with E-state index in [1.54, 1.807) is 0 Å². The molecule has 2 bridgehead atoms. The Morgan fingerprint density at radius 1 is 1.08 bits per heavy atom. The second-order valence-corrected chi connectivity index (χ2v) is 4.33. The van der Waals surface area contributed by atoms with Gasteiger partial charge in [0.2, 0.25) is 0 Å². The molecule has 3 aliphatic rings. The molecule has 3 atom stereocenters. The van der Waals surface area contributed by atoms with Gasteiger partial charge in [-0.2, -0.15) is 0 Å². The lowest BCUT2D eigenvalue weighted by molar-refractivity contribution is 0.549. The van der Waals surface area contributed by atoms with Gasteiger partial charge in [-0.15, -0.1) is 0 Å². The third-order valence-corrected chi connectivity index (χ3v) is 3.43. The molecule has 0 aromatic heterocycles. The van der Waals surface area contributed by atoms with Crippen LogP contribution in [-0.2, 0) is 0 Å². The molecule has 0 radical (unpaired) electrons. The molecule has 0 amide bonds. The number of rotatable bonds is 1. The lowest BCUT2D eigenvalue weighted by Crippen LogP contribution is -2.03. The lowest BCUT2D eigenvalue weighted by Gasteiger charge is -2.13. The number of hydrogen-bond donors (Lipinski definition) is 0. The molecule has 0 nitrogen and oxygen atoms in total. The predicted octanol–water partition coefficient (Wildman–Crippen LogP) is 3.25. The van der Waals surface area contributed by atoms with E-state index in [-0.39, 0.29) is 0 Å². The van der Waals surface area contributed by atoms with Crippen LogP contribution < -0.4 is 0 Å². The zero-order chi connectivity index (χ0) is 8.67. The molecule has 3 aliphatic carbocycles. The third kappa shape index (κ3) is 1.21. The first-order valence-electron chi connectivity index (χ1n) is 5.17. The minimum absolute atomic E-state index is 0.817. The van der Waals surface area contributed by atoms with Crippen molar-refractivity contribution in [3.05, 3.63) is 48.1 Å². The van der Waals surface area contributed by atoms with Crippen LogP contribution in [-0.4, -0.2) is 0 Å². The summed E-state index contributed by atoms with van der Waals surface area (Å²) in [4.78, 5) is 0. The normalized spacial score (nSPS) is 39.4. The van der Waals surface area contributed by atoms with Crippen LogP contribution in [0.4, 0.5) is 0 Å². The molecule has 0 heteroatoms. The van der Waals surface area contributed by atoms with E-state index >= 15 is 0 Å². The van der Waals surface area contributed by atoms with Gasteiger partial charge in [0, 0.05) is 0 Å². The van der Waals surface area contributed by atoms with Crippen LogP contribution >= 0.6 is 0 Å². The molecular formula is C13H14. The van der Waals surface area contributed by atoms with Gasteiger partial charge in [0.05, 0.1) is 0 Å². The maximum absolute atomic E-state index is 2.45. The van der Waals surface area contributed by atoms with E-state index in [1.165, 1.54) is 18.4 Å². The van der Waals surface area contributed by atoms with Gasteiger partial charge < -0.3 is 0 Å². The van der Waals surface area contributed by atoms with Crippen molar-refractivity contribution in [2.45, 2.75) is 12.8 Å². The van der Waals surface area contributed by atoms with Gasteiger partial charge in [-0.05, 0) is 36.2 Å². The fourth-order valence-electron chi connectivity index (χ4n) is 2.76. The van der Waals surface area contributed by atoms with E-state index < -0.39 is 0 Å². The van der Waals surface area contributed by atoms with E-state index in [1.807, 2.05) is 0 Å². The summed E-state index contributed by atoms with van der Waals surface area (Å²) in [6.45, 7) is 0. The summed E-state index contributed by atoms with van der Waals surface area (Å²) < 4.78 is 0. The van der Waals surface area contributed by atoms with E-state index in [0.29, 0.717) is 0 Å². The SMILES string of the molecule is C1=CC(=CC2CC3C=CC2C3)C=C1. The number of fused-ring (bicyclic) bond motifs is 2. The first kappa shape index (κ1) is 7.37. The van der Waals surface area contributed by atoms with Gasteiger partial charge in [-0.25, -0.2) is 0 Å². The zero-order valence-corrected chi connectivity index (χ0v) is 7.69. The molecule has 0 aromatic rings. The Balaban J connectivity index is 1.81. The van der Waals surface area contributed by atoms with Crippen molar-refractivity contribution >= 4 is 0 Å². The van der Waals surface area contributed by atoms with Crippen LogP contribution in [0.25, 0.3) is 0 Å². The van der Waals surface area contributed by atoms with Crippen molar-refractivity contribution in [3.8, 4) is 0 Å². The van der Waals surface area contributed by atoms with Gasteiger partial charge >= 0.3 is 0 Å². The molecule has 3 unspecified atom stereocenters. The summed E-state index contributed by atoms with van der Waals surface area (Å²) in [6, 6.07) is 0. The summed E-state index contributed by atoms with van der Waals surface area (Å²) >= 11 is 0. The standard InChI is InChI=1S/C13H14/c1-2-4-10(3-1)7-13-9-11-5-6-12(13)8-11/h1-7,11-13H,8-9H2. The van der Waals surface area contributed by atoms with E-state index in [4.69, 9.17) is 0 Å². The highest BCUT2D eigenvalue weighted by Gasteiger charge is 2.34. The molecule has 0 saturated heterocycles. The largest absolute Gasteiger partial charge is 0.0851 e. The van der Waals surface area contributed by atoms with E-state index in [2.05, 4.69) is 42.5 Å². The lowest BCUT2D eigenvalue weighted by atomic mass is 9.92. The monoisotopic (exact) mass is 170 g/mol. The molecule has 3 rings (SSSR count).